The average molecular weight is 613 g/mol. The van der Waals surface area contributed by atoms with E-state index in [0.29, 0.717) is 17.0 Å². The molecule has 0 unspecified atom stereocenters. The molecule has 0 saturated heterocycles. The van der Waals surface area contributed by atoms with E-state index >= 15 is 0 Å². The molecule has 3 amide bonds. The number of nitrogens with one attached hydrogen (secondary N) is 2. The van der Waals surface area contributed by atoms with Gasteiger partial charge in [-0.25, -0.2) is 17.6 Å². The molecule has 230 valence electrons. The molecule has 0 bridgehead atoms. The summed E-state index contributed by atoms with van der Waals surface area (Å²) >= 11 is 0. The first kappa shape index (κ1) is 31.8. The van der Waals surface area contributed by atoms with Gasteiger partial charge in [-0.1, -0.05) is 24.6 Å². The Morgan fingerprint density at radius 2 is 1.77 bits per heavy atom. The molecule has 0 fully saturated rings. The van der Waals surface area contributed by atoms with Crippen LogP contribution < -0.4 is 14.8 Å². The van der Waals surface area contributed by atoms with Crippen molar-refractivity contribution in [3.8, 4) is 5.75 Å². The Kier molecular flexibility index (Phi) is 9.92. The summed E-state index contributed by atoms with van der Waals surface area (Å²) < 4.78 is 48.3. The second-order valence-corrected chi connectivity index (χ2v) is 12.6. The quantitative estimate of drug-likeness (QED) is 0.349. The number of rotatable bonds is 8. The zero-order chi connectivity index (χ0) is 31.3. The van der Waals surface area contributed by atoms with Crippen molar-refractivity contribution in [3.63, 3.8) is 0 Å². The highest BCUT2D eigenvalue weighted by molar-refractivity contribution is 7.92. The summed E-state index contributed by atoms with van der Waals surface area (Å²) in [6.07, 6.45) is -0.655. The number of hydrogen-bond acceptors (Lipinski definition) is 6. The van der Waals surface area contributed by atoms with Gasteiger partial charge in [0.05, 0.1) is 30.5 Å². The molecule has 12 heteroatoms. The molecule has 1 aliphatic rings. The Labute approximate surface area is 251 Å². The minimum atomic E-state index is -3.89. The van der Waals surface area contributed by atoms with Gasteiger partial charge in [-0.15, -0.1) is 0 Å². The number of aliphatic hydroxyl groups is 1. The van der Waals surface area contributed by atoms with Crippen LogP contribution in [0.2, 0.25) is 0 Å². The predicted molar refractivity (Wildman–Crippen MR) is 162 cm³/mol. The summed E-state index contributed by atoms with van der Waals surface area (Å²) in [4.78, 5) is 29.5. The number of carbonyl (C=O) groups excluding carboxylic acids is 2. The van der Waals surface area contributed by atoms with Gasteiger partial charge < -0.3 is 25.0 Å². The van der Waals surface area contributed by atoms with Gasteiger partial charge in [0.2, 0.25) is 5.91 Å². The number of amides is 3. The van der Waals surface area contributed by atoms with E-state index in [0.717, 1.165) is 5.56 Å². The first-order valence-corrected chi connectivity index (χ1v) is 15.4. The molecule has 3 aromatic rings. The molecule has 1 aliphatic heterocycles. The Hall–Kier alpha value is -4.16. The van der Waals surface area contributed by atoms with Gasteiger partial charge in [0, 0.05) is 36.4 Å². The number of anilines is 2. The lowest BCUT2D eigenvalue weighted by Gasteiger charge is -2.34. The van der Waals surface area contributed by atoms with E-state index < -0.39 is 34.0 Å². The molecule has 0 aliphatic carbocycles. The Morgan fingerprint density at radius 3 is 2.42 bits per heavy atom. The monoisotopic (exact) mass is 612 g/mol. The number of aliphatic hydroxyl groups excluding tert-OH is 1. The fourth-order valence-electron chi connectivity index (χ4n) is 4.75. The largest absolute Gasteiger partial charge is 0.488 e. The third-order valence-corrected chi connectivity index (χ3v) is 8.79. The topological polar surface area (TPSA) is 128 Å². The number of sulfonamides is 1. The first-order chi connectivity index (χ1) is 20.4. The molecule has 0 saturated carbocycles. The van der Waals surface area contributed by atoms with Crippen molar-refractivity contribution >= 4 is 33.3 Å². The van der Waals surface area contributed by atoms with Crippen molar-refractivity contribution in [1.29, 1.82) is 0 Å². The number of nitrogens with zero attached hydrogens (tertiary/aromatic N) is 2. The number of benzene rings is 3. The van der Waals surface area contributed by atoms with Gasteiger partial charge >= 0.3 is 6.03 Å². The maximum atomic E-state index is 13.5. The number of hydrogen-bond donors (Lipinski definition) is 3. The highest BCUT2D eigenvalue weighted by Gasteiger charge is 2.32. The molecule has 4 rings (SSSR count). The van der Waals surface area contributed by atoms with Crippen LogP contribution in [0.15, 0.2) is 71.6 Å². The standard InChI is InChI=1S/C31H37FN4O6S/c1-20-5-12-27(13-6-20)43(40,41)34-26-11-14-28-23(15-26)16-30(38)36(22(3)19-37)17-21(2)29(42-28)18-35(4)31(39)33-25-9-7-24(32)8-10-25/h5-15,21-22,29,34,37H,16-19H2,1-4H3,(H,33,39)/t21-,22+,29-/m0/s1. The number of ether oxygens (including phenoxy) is 1. The Morgan fingerprint density at radius 1 is 1.12 bits per heavy atom. The molecule has 0 spiro atoms. The first-order valence-electron chi connectivity index (χ1n) is 13.9. The molecule has 10 nitrogen and oxygen atoms in total. The Balaban J connectivity index is 1.61. The van der Waals surface area contributed by atoms with Crippen molar-refractivity contribution in [2.75, 3.05) is 36.8 Å². The summed E-state index contributed by atoms with van der Waals surface area (Å²) in [7, 11) is -2.28. The van der Waals surface area contributed by atoms with E-state index in [4.69, 9.17) is 4.74 Å². The van der Waals surface area contributed by atoms with E-state index in [2.05, 4.69) is 10.0 Å². The molecule has 0 aromatic heterocycles. The van der Waals surface area contributed by atoms with Crippen molar-refractivity contribution < 1.29 is 32.2 Å². The summed E-state index contributed by atoms with van der Waals surface area (Å²) in [5, 5.41) is 12.6. The fraction of sp³-hybridized carbons (Fsp3) is 0.355. The van der Waals surface area contributed by atoms with Crippen LogP contribution in [0.5, 0.6) is 5.75 Å². The van der Waals surface area contributed by atoms with Crippen LogP contribution in [0.1, 0.15) is 25.0 Å². The van der Waals surface area contributed by atoms with Crippen molar-refractivity contribution in [1.82, 2.24) is 9.80 Å². The van der Waals surface area contributed by atoms with Crippen LogP contribution in [0, 0.1) is 18.7 Å². The van der Waals surface area contributed by atoms with Crippen molar-refractivity contribution in [2.24, 2.45) is 5.92 Å². The van der Waals surface area contributed by atoms with Gasteiger partial charge in [0.1, 0.15) is 17.7 Å². The summed E-state index contributed by atoms with van der Waals surface area (Å²) in [6.45, 7) is 5.67. The van der Waals surface area contributed by atoms with E-state index in [1.807, 2.05) is 13.8 Å². The van der Waals surface area contributed by atoms with E-state index in [-0.39, 0.29) is 48.5 Å². The molecule has 3 atom stereocenters. The van der Waals surface area contributed by atoms with Gasteiger partial charge in [0.25, 0.3) is 10.0 Å². The fourth-order valence-corrected chi connectivity index (χ4v) is 5.80. The normalized spacial score (nSPS) is 17.9. The van der Waals surface area contributed by atoms with Crippen molar-refractivity contribution in [3.05, 3.63) is 83.7 Å². The van der Waals surface area contributed by atoms with Crippen LogP contribution in [0.4, 0.5) is 20.6 Å². The van der Waals surface area contributed by atoms with Gasteiger partial charge in [-0.3, -0.25) is 9.52 Å². The lowest BCUT2D eigenvalue weighted by Crippen LogP contribution is -2.48. The third-order valence-electron chi connectivity index (χ3n) is 7.40. The smallest absolute Gasteiger partial charge is 0.321 e. The average Bonchev–Trinajstić information content (AvgIpc) is 3.01. The van der Waals surface area contributed by atoms with Gasteiger partial charge in [-0.2, -0.15) is 0 Å². The predicted octanol–water partition coefficient (Wildman–Crippen LogP) is 4.25. The van der Waals surface area contributed by atoms with Crippen molar-refractivity contribution in [2.45, 2.75) is 44.2 Å². The maximum absolute atomic E-state index is 13.5. The molecule has 0 radical (unpaired) electrons. The highest BCUT2D eigenvalue weighted by Crippen LogP contribution is 2.30. The van der Waals surface area contributed by atoms with Crippen LogP contribution in [-0.4, -0.2) is 74.2 Å². The van der Waals surface area contributed by atoms with E-state index in [9.17, 15) is 27.5 Å². The third kappa shape index (κ3) is 8.02. The summed E-state index contributed by atoms with van der Waals surface area (Å²) in [5.74, 6) is -0.543. The number of halogens is 1. The molecule has 43 heavy (non-hydrogen) atoms. The Bertz CT molecular complexity index is 1550. The number of aryl methyl sites for hydroxylation is 1. The second kappa shape index (κ2) is 13.4. The maximum Gasteiger partial charge on any atom is 0.321 e. The molecule has 3 aromatic carbocycles. The molecular formula is C31H37FN4O6S. The minimum Gasteiger partial charge on any atom is -0.488 e. The van der Waals surface area contributed by atoms with Crippen LogP contribution in [-0.2, 0) is 21.2 Å². The van der Waals surface area contributed by atoms with E-state index in [1.165, 1.54) is 41.3 Å². The highest BCUT2D eigenvalue weighted by atomic mass is 32.2. The zero-order valence-electron chi connectivity index (χ0n) is 24.6. The van der Waals surface area contributed by atoms with Gasteiger partial charge in [-0.05, 0) is 68.4 Å². The SMILES string of the molecule is Cc1ccc(S(=O)(=O)Nc2ccc3c(c2)CC(=O)N([C@H](C)CO)C[C@H](C)[C@H](CN(C)C(=O)Nc2ccc(F)cc2)O3)cc1. The molecular weight excluding hydrogens is 575 g/mol. The number of fused-ring (bicyclic) bond motifs is 1. The molecule has 3 N–H and O–H groups in total. The number of likely N-dealkylation sites (N-methyl/N-ethyl adjacent to an activating group) is 1. The second-order valence-electron chi connectivity index (χ2n) is 10.9. The summed E-state index contributed by atoms with van der Waals surface area (Å²) in [6, 6.07) is 15.7. The van der Waals surface area contributed by atoms with E-state index in [1.54, 1.807) is 49.2 Å². The van der Waals surface area contributed by atoms with Crippen LogP contribution >= 0.6 is 0 Å². The summed E-state index contributed by atoms with van der Waals surface area (Å²) in [5.41, 5.74) is 2.08. The molecule has 1 heterocycles. The lowest BCUT2D eigenvalue weighted by atomic mass is 10.0. The van der Waals surface area contributed by atoms with Crippen LogP contribution in [0.25, 0.3) is 0 Å². The zero-order valence-corrected chi connectivity index (χ0v) is 25.4. The lowest BCUT2D eigenvalue weighted by molar-refractivity contribution is -0.134. The van der Waals surface area contributed by atoms with Crippen LogP contribution in [0.3, 0.4) is 0 Å². The number of carbonyl (C=O) groups is 2. The minimum absolute atomic E-state index is 0.0832. The number of urea groups is 1. The van der Waals surface area contributed by atoms with Gasteiger partial charge in [0.15, 0.2) is 0 Å².